The molecule has 0 aromatic carbocycles. The van der Waals surface area contributed by atoms with Crippen molar-refractivity contribution in [2.75, 3.05) is 32.8 Å². The van der Waals surface area contributed by atoms with E-state index in [1.54, 1.807) is 4.90 Å². The second-order valence-electron chi connectivity index (χ2n) is 5.49. The normalized spacial score (nSPS) is 22.8. The molecule has 0 bridgehead atoms. The van der Waals surface area contributed by atoms with Gasteiger partial charge in [-0.05, 0) is 44.7 Å². The molecule has 2 saturated heterocycles. The van der Waals surface area contributed by atoms with Gasteiger partial charge in [-0.2, -0.15) is 0 Å². The lowest BCUT2D eigenvalue weighted by molar-refractivity contribution is -0.135. The average molecular weight is 270 g/mol. The standard InChI is InChI=1S/C13H24N2O2.C2H6/c1-11-2-6-14(7-3-11)12-4-8-15(9-5-12)13(17)10-16;1-2/h11-12,16H,2-10H2,1H3;1-2H3. The zero-order valence-corrected chi connectivity index (χ0v) is 12.8. The van der Waals surface area contributed by atoms with Crippen LogP contribution in [0.25, 0.3) is 0 Å². The number of aliphatic hydroxyl groups excluding tert-OH is 1. The summed E-state index contributed by atoms with van der Waals surface area (Å²) in [6, 6.07) is 0.658. The molecule has 1 N–H and O–H groups in total. The van der Waals surface area contributed by atoms with Crippen molar-refractivity contribution >= 4 is 5.91 Å². The Morgan fingerprint density at radius 3 is 2.05 bits per heavy atom. The fourth-order valence-corrected chi connectivity index (χ4v) is 2.97. The van der Waals surface area contributed by atoms with Crippen molar-refractivity contribution in [2.45, 2.75) is 52.5 Å². The number of piperidine rings is 2. The summed E-state index contributed by atoms with van der Waals surface area (Å²) in [6.45, 7) is 10.1. The lowest BCUT2D eigenvalue weighted by Gasteiger charge is -2.41. The van der Waals surface area contributed by atoms with Crippen LogP contribution in [0, 0.1) is 5.92 Å². The molecule has 2 fully saturated rings. The number of likely N-dealkylation sites (tertiary alicyclic amines) is 2. The molecule has 1 amide bonds. The molecule has 0 aromatic rings. The van der Waals surface area contributed by atoms with Crippen LogP contribution < -0.4 is 0 Å². The Hall–Kier alpha value is -0.610. The molecule has 2 heterocycles. The minimum absolute atomic E-state index is 0.115. The highest BCUT2D eigenvalue weighted by Gasteiger charge is 2.28. The van der Waals surface area contributed by atoms with Crippen molar-refractivity contribution in [3.05, 3.63) is 0 Å². The van der Waals surface area contributed by atoms with Crippen LogP contribution in [0.15, 0.2) is 0 Å². The fourth-order valence-electron chi connectivity index (χ4n) is 2.97. The van der Waals surface area contributed by atoms with E-state index in [2.05, 4.69) is 11.8 Å². The average Bonchev–Trinajstić information content (AvgIpc) is 2.49. The third kappa shape index (κ3) is 4.77. The largest absolute Gasteiger partial charge is 0.387 e. The van der Waals surface area contributed by atoms with E-state index >= 15 is 0 Å². The molecule has 2 rings (SSSR count). The minimum atomic E-state index is -0.341. The molecule has 0 unspecified atom stereocenters. The molecule has 2 aliphatic heterocycles. The molecule has 0 aromatic heterocycles. The van der Waals surface area contributed by atoms with Gasteiger partial charge >= 0.3 is 0 Å². The Kier molecular flexibility index (Phi) is 7.39. The van der Waals surface area contributed by atoms with Crippen molar-refractivity contribution in [3.63, 3.8) is 0 Å². The van der Waals surface area contributed by atoms with Crippen LogP contribution in [0.4, 0.5) is 0 Å². The van der Waals surface area contributed by atoms with Gasteiger partial charge in [0.2, 0.25) is 5.91 Å². The number of aliphatic hydroxyl groups is 1. The lowest BCUT2D eigenvalue weighted by atomic mass is 9.95. The molecule has 0 spiro atoms. The summed E-state index contributed by atoms with van der Waals surface area (Å²) in [5.41, 5.74) is 0. The lowest BCUT2D eigenvalue weighted by Crippen LogP contribution is -2.49. The summed E-state index contributed by atoms with van der Waals surface area (Å²) in [6.07, 6.45) is 4.77. The summed E-state index contributed by atoms with van der Waals surface area (Å²) in [5.74, 6) is 0.762. The number of amides is 1. The second-order valence-corrected chi connectivity index (χ2v) is 5.49. The molecule has 112 valence electrons. The van der Waals surface area contributed by atoms with Gasteiger partial charge in [0, 0.05) is 19.1 Å². The maximum Gasteiger partial charge on any atom is 0.248 e. The maximum atomic E-state index is 11.4. The SMILES string of the molecule is CC.CC1CCN(C2CCN(C(=O)CO)CC2)CC1. The number of carbonyl (C=O) groups is 1. The Balaban J connectivity index is 0.000000861. The molecule has 0 radical (unpaired) electrons. The van der Waals surface area contributed by atoms with Gasteiger partial charge in [0.05, 0.1) is 0 Å². The first-order chi connectivity index (χ1) is 9.20. The molecule has 0 atom stereocenters. The van der Waals surface area contributed by atoms with Crippen molar-refractivity contribution in [1.82, 2.24) is 9.80 Å². The van der Waals surface area contributed by atoms with Crippen LogP contribution in [-0.4, -0.2) is 59.6 Å². The highest BCUT2D eigenvalue weighted by atomic mass is 16.3. The molecule has 0 aliphatic carbocycles. The maximum absolute atomic E-state index is 11.4. The first-order valence-electron chi connectivity index (χ1n) is 7.83. The fraction of sp³-hybridized carbons (Fsp3) is 0.933. The van der Waals surface area contributed by atoms with Crippen LogP contribution in [0.1, 0.15) is 46.5 Å². The first-order valence-corrected chi connectivity index (χ1v) is 7.83. The van der Waals surface area contributed by atoms with Crippen molar-refractivity contribution < 1.29 is 9.90 Å². The highest BCUT2D eigenvalue weighted by Crippen LogP contribution is 2.23. The summed E-state index contributed by atoms with van der Waals surface area (Å²) >= 11 is 0. The zero-order chi connectivity index (χ0) is 14.3. The van der Waals surface area contributed by atoms with Crippen molar-refractivity contribution in [3.8, 4) is 0 Å². The smallest absolute Gasteiger partial charge is 0.248 e. The summed E-state index contributed by atoms with van der Waals surface area (Å²) in [4.78, 5) is 15.7. The summed E-state index contributed by atoms with van der Waals surface area (Å²) in [7, 11) is 0. The van der Waals surface area contributed by atoms with Crippen LogP contribution in [-0.2, 0) is 4.79 Å². The van der Waals surface area contributed by atoms with Crippen LogP contribution in [0.3, 0.4) is 0 Å². The number of carbonyl (C=O) groups excluding carboxylic acids is 1. The Labute approximate surface area is 117 Å². The monoisotopic (exact) mass is 270 g/mol. The van der Waals surface area contributed by atoms with E-state index in [1.807, 2.05) is 13.8 Å². The number of hydrogen-bond acceptors (Lipinski definition) is 3. The Morgan fingerprint density at radius 2 is 1.58 bits per heavy atom. The molecule has 4 heteroatoms. The molecular weight excluding hydrogens is 240 g/mol. The second kappa shape index (κ2) is 8.54. The third-order valence-corrected chi connectivity index (χ3v) is 4.29. The minimum Gasteiger partial charge on any atom is -0.387 e. The quantitative estimate of drug-likeness (QED) is 0.831. The van der Waals surface area contributed by atoms with E-state index in [0.29, 0.717) is 6.04 Å². The van der Waals surface area contributed by atoms with E-state index in [0.717, 1.165) is 31.8 Å². The zero-order valence-electron chi connectivity index (χ0n) is 12.8. The molecule has 2 aliphatic rings. The first kappa shape index (κ1) is 16.4. The summed E-state index contributed by atoms with van der Waals surface area (Å²) < 4.78 is 0. The van der Waals surface area contributed by atoms with E-state index in [4.69, 9.17) is 5.11 Å². The van der Waals surface area contributed by atoms with Gasteiger partial charge in [-0.15, -0.1) is 0 Å². The molecule has 19 heavy (non-hydrogen) atoms. The van der Waals surface area contributed by atoms with Gasteiger partial charge in [0.15, 0.2) is 0 Å². The van der Waals surface area contributed by atoms with Gasteiger partial charge in [0.1, 0.15) is 6.61 Å². The van der Waals surface area contributed by atoms with Gasteiger partial charge in [-0.25, -0.2) is 0 Å². The van der Waals surface area contributed by atoms with Crippen LogP contribution >= 0.6 is 0 Å². The van der Waals surface area contributed by atoms with E-state index in [9.17, 15) is 4.79 Å². The summed E-state index contributed by atoms with van der Waals surface area (Å²) in [5, 5.41) is 8.83. The number of rotatable bonds is 2. The van der Waals surface area contributed by atoms with E-state index < -0.39 is 0 Å². The van der Waals surface area contributed by atoms with Gasteiger partial charge < -0.3 is 14.9 Å². The van der Waals surface area contributed by atoms with Gasteiger partial charge in [0.25, 0.3) is 0 Å². The Morgan fingerprint density at radius 1 is 1.05 bits per heavy atom. The molecule has 0 saturated carbocycles. The number of nitrogens with zero attached hydrogens (tertiary/aromatic N) is 2. The molecular formula is C15H30N2O2. The third-order valence-electron chi connectivity index (χ3n) is 4.29. The number of hydrogen-bond donors (Lipinski definition) is 1. The predicted molar refractivity (Wildman–Crippen MR) is 78.0 cm³/mol. The van der Waals surface area contributed by atoms with Gasteiger partial charge in [-0.1, -0.05) is 20.8 Å². The van der Waals surface area contributed by atoms with Gasteiger partial charge in [-0.3, -0.25) is 4.79 Å². The topological polar surface area (TPSA) is 43.8 Å². The highest BCUT2D eigenvalue weighted by molar-refractivity contribution is 5.77. The van der Waals surface area contributed by atoms with Crippen molar-refractivity contribution in [1.29, 1.82) is 0 Å². The Bertz CT molecular complexity index is 255. The van der Waals surface area contributed by atoms with Crippen molar-refractivity contribution in [2.24, 2.45) is 5.92 Å². The van der Waals surface area contributed by atoms with Crippen LogP contribution in [0.5, 0.6) is 0 Å². The van der Waals surface area contributed by atoms with Crippen LogP contribution in [0.2, 0.25) is 0 Å². The van der Waals surface area contributed by atoms with E-state index in [1.165, 1.54) is 25.9 Å². The van der Waals surface area contributed by atoms with E-state index in [-0.39, 0.29) is 12.5 Å². The molecule has 4 nitrogen and oxygen atoms in total. The predicted octanol–water partition coefficient (Wildman–Crippen LogP) is 1.73.